The van der Waals surface area contributed by atoms with Gasteiger partial charge in [0.25, 0.3) is 11.5 Å². The summed E-state index contributed by atoms with van der Waals surface area (Å²) in [6, 6.07) is 7.34. The summed E-state index contributed by atoms with van der Waals surface area (Å²) in [5, 5.41) is 3.14. The third kappa shape index (κ3) is 3.61. The second-order valence-corrected chi connectivity index (χ2v) is 7.25. The van der Waals surface area contributed by atoms with E-state index in [2.05, 4.69) is 10.3 Å². The van der Waals surface area contributed by atoms with Crippen LogP contribution in [0.1, 0.15) is 27.7 Å². The number of amides is 1. The fourth-order valence-electron chi connectivity index (χ4n) is 2.62. The summed E-state index contributed by atoms with van der Waals surface area (Å²) in [5.41, 5.74) is 1.86. The standard InChI is InChI=1S/C19H19N3O4S/c1-10-7-5-6-8-13(10)21-16(23)12(3)26-19(25)15-11(2)14-17(27-15)20-9-22(4)18(14)24/h5-9,12H,1-4H3,(H,21,23). The Labute approximate surface area is 159 Å². The van der Waals surface area contributed by atoms with Crippen molar-refractivity contribution in [2.45, 2.75) is 26.9 Å². The molecule has 3 aromatic rings. The highest BCUT2D eigenvalue weighted by Crippen LogP contribution is 2.27. The Balaban J connectivity index is 1.79. The first kappa shape index (κ1) is 18.8. The molecule has 0 aliphatic carbocycles. The molecule has 3 rings (SSSR count). The fourth-order valence-corrected chi connectivity index (χ4v) is 3.64. The molecule has 0 radical (unpaired) electrons. The summed E-state index contributed by atoms with van der Waals surface area (Å²) in [6.45, 7) is 5.06. The first-order chi connectivity index (χ1) is 12.8. The third-order valence-electron chi connectivity index (χ3n) is 4.25. The lowest BCUT2D eigenvalue weighted by Gasteiger charge is -2.14. The fraction of sp³-hybridized carbons (Fsp3) is 0.263. The maximum atomic E-state index is 12.5. The van der Waals surface area contributed by atoms with Crippen molar-refractivity contribution in [1.82, 2.24) is 9.55 Å². The molecule has 0 saturated heterocycles. The normalized spacial score (nSPS) is 12.0. The van der Waals surface area contributed by atoms with E-state index in [4.69, 9.17) is 4.74 Å². The molecule has 0 aliphatic heterocycles. The van der Waals surface area contributed by atoms with Crippen LogP contribution in [-0.2, 0) is 16.6 Å². The van der Waals surface area contributed by atoms with Crippen molar-refractivity contribution in [3.05, 3.63) is 57.0 Å². The van der Waals surface area contributed by atoms with Crippen LogP contribution in [-0.4, -0.2) is 27.5 Å². The largest absolute Gasteiger partial charge is 0.448 e. The van der Waals surface area contributed by atoms with Gasteiger partial charge < -0.3 is 14.6 Å². The highest BCUT2D eigenvalue weighted by atomic mass is 32.1. The SMILES string of the molecule is Cc1ccccc1NC(=O)C(C)OC(=O)c1sc2ncn(C)c(=O)c2c1C. The van der Waals surface area contributed by atoms with Gasteiger partial charge in [-0.05, 0) is 38.0 Å². The predicted molar refractivity (Wildman–Crippen MR) is 104 cm³/mol. The van der Waals surface area contributed by atoms with E-state index in [1.807, 2.05) is 25.1 Å². The van der Waals surface area contributed by atoms with Gasteiger partial charge >= 0.3 is 5.97 Å². The van der Waals surface area contributed by atoms with Crippen LogP contribution >= 0.6 is 11.3 Å². The number of thiophene rings is 1. The zero-order valence-corrected chi connectivity index (χ0v) is 16.2. The lowest BCUT2D eigenvalue weighted by molar-refractivity contribution is -0.123. The first-order valence-corrected chi connectivity index (χ1v) is 9.13. The van der Waals surface area contributed by atoms with Crippen molar-refractivity contribution in [2.75, 3.05) is 5.32 Å². The summed E-state index contributed by atoms with van der Waals surface area (Å²) < 4.78 is 6.67. The summed E-state index contributed by atoms with van der Waals surface area (Å²) in [5.74, 6) is -1.07. The molecule has 0 spiro atoms. The number of hydrogen-bond donors (Lipinski definition) is 1. The van der Waals surface area contributed by atoms with Crippen molar-refractivity contribution in [1.29, 1.82) is 0 Å². The quantitative estimate of drug-likeness (QED) is 0.698. The van der Waals surface area contributed by atoms with E-state index in [0.29, 0.717) is 21.5 Å². The summed E-state index contributed by atoms with van der Waals surface area (Å²) in [7, 11) is 1.60. The van der Waals surface area contributed by atoms with Gasteiger partial charge in [-0.25, -0.2) is 9.78 Å². The summed E-state index contributed by atoms with van der Waals surface area (Å²) in [4.78, 5) is 42.1. The van der Waals surface area contributed by atoms with Gasteiger partial charge in [-0.2, -0.15) is 0 Å². The molecule has 0 saturated carbocycles. The number of fused-ring (bicyclic) bond motifs is 1. The zero-order chi connectivity index (χ0) is 19.7. The molecule has 1 aromatic carbocycles. The van der Waals surface area contributed by atoms with E-state index in [1.54, 1.807) is 20.0 Å². The number of para-hydroxylation sites is 1. The third-order valence-corrected chi connectivity index (χ3v) is 5.43. The molecule has 1 N–H and O–H groups in total. The smallest absolute Gasteiger partial charge is 0.349 e. The number of carbonyl (C=O) groups excluding carboxylic acids is 2. The van der Waals surface area contributed by atoms with Crippen molar-refractivity contribution in [3.63, 3.8) is 0 Å². The van der Waals surface area contributed by atoms with E-state index < -0.39 is 18.0 Å². The number of nitrogens with one attached hydrogen (secondary N) is 1. The topological polar surface area (TPSA) is 90.3 Å². The van der Waals surface area contributed by atoms with E-state index in [0.717, 1.165) is 16.9 Å². The number of aromatic nitrogens is 2. The molecular weight excluding hydrogens is 366 g/mol. The van der Waals surface area contributed by atoms with E-state index in [-0.39, 0.29) is 10.4 Å². The number of rotatable bonds is 4. The van der Waals surface area contributed by atoms with Gasteiger partial charge in [-0.3, -0.25) is 9.59 Å². The van der Waals surface area contributed by atoms with Crippen molar-refractivity contribution in [3.8, 4) is 0 Å². The minimum Gasteiger partial charge on any atom is -0.448 e. The second kappa shape index (κ2) is 7.32. The molecule has 0 aliphatic rings. The minimum absolute atomic E-state index is 0.224. The lowest BCUT2D eigenvalue weighted by Crippen LogP contribution is -2.30. The molecule has 1 unspecified atom stereocenters. The number of nitrogens with zero attached hydrogens (tertiary/aromatic N) is 2. The van der Waals surface area contributed by atoms with E-state index in [9.17, 15) is 14.4 Å². The Kier molecular flexibility index (Phi) is 5.09. The monoisotopic (exact) mass is 385 g/mol. The molecule has 27 heavy (non-hydrogen) atoms. The molecule has 7 nitrogen and oxygen atoms in total. The highest BCUT2D eigenvalue weighted by Gasteiger charge is 2.24. The molecular formula is C19H19N3O4S. The summed E-state index contributed by atoms with van der Waals surface area (Å²) >= 11 is 1.08. The Morgan fingerprint density at radius 3 is 2.67 bits per heavy atom. The molecule has 8 heteroatoms. The molecule has 1 atom stereocenters. The van der Waals surface area contributed by atoms with Gasteiger partial charge in [0.05, 0.1) is 11.7 Å². The van der Waals surface area contributed by atoms with Crippen LogP contribution in [0.15, 0.2) is 35.4 Å². The van der Waals surface area contributed by atoms with E-state index >= 15 is 0 Å². The lowest BCUT2D eigenvalue weighted by atomic mass is 10.2. The average Bonchev–Trinajstić information content (AvgIpc) is 2.97. The van der Waals surface area contributed by atoms with E-state index in [1.165, 1.54) is 17.8 Å². The Hall–Kier alpha value is -3.00. The zero-order valence-electron chi connectivity index (χ0n) is 15.4. The average molecular weight is 385 g/mol. The summed E-state index contributed by atoms with van der Waals surface area (Å²) in [6.07, 6.45) is 0.422. The van der Waals surface area contributed by atoms with Crippen LogP contribution in [0.3, 0.4) is 0 Å². The maximum absolute atomic E-state index is 12.5. The van der Waals surface area contributed by atoms with Crippen LogP contribution in [0, 0.1) is 13.8 Å². The highest BCUT2D eigenvalue weighted by molar-refractivity contribution is 7.20. The van der Waals surface area contributed by atoms with Crippen LogP contribution < -0.4 is 10.9 Å². The second-order valence-electron chi connectivity index (χ2n) is 6.25. The predicted octanol–water partition coefficient (Wildman–Crippen LogP) is 2.80. The molecule has 0 fully saturated rings. The number of benzene rings is 1. The molecule has 0 bridgehead atoms. The number of anilines is 1. The van der Waals surface area contributed by atoms with Crippen molar-refractivity contribution in [2.24, 2.45) is 7.05 Å². The van der Waals surface area contributed by atoms with Gasteiger partial charge in [0.2, 0.25) is 0 Å². The van der Waals surface area contributed by atoms with Gasteiger partial charge in [0.15, 0.2) is 6.10 Å². The van der Waals surface area contributed by atoms with Gasteiger partial charge in [0.1, 0.15) is 9.71 Å². The van der Waals surface area contributed by atoms with Gasteiger partial charge in [-0.15, -0.1) is 11.3 Å². The van der Waals surface area contributed by atoms with Gasteiger partial charge in [0, 0.05) is 12.7 Å². The maximum Gasteiger partial charge on any atom is 0.349 e. The van der Waals surface area contributed by atoms with Crippen LogP contribution in [0.2, 0.25) is 0 Å². The Bertz CT molecular complexity index is 1100. The first-order valence-electron chi connectivity index (χ1n) is 8.31. The number of aryl methyl sites for hydroxylation is 3. The molecule has 2 heterocycles. The minimum atomic E-state index is -0.988. The Morgan fingerprint density at radius 2 is 1.96 bits per heavy atom. The van der Waals surface area contributed by atoms with Gasteiger partial charge in [-0.1, -0.05) is 18.2 Å². The molecule has 140 valence electrons. The number of hydrogen-bond acceptors (Lipinski definition) is 6. The number of esters is 1. The number of ether oxygens (including phenoxy) is 1. The Morgan fingerprint density at radius 1 is 1.26 bits per heavy atom. The van der Waals surface area contributed by atoms with Crippen molar-refractivity contribution >= 4 is 39.1 Å². The molecule has 2 aromatic heterocycles. The van der Waals surface area contributed by atoms with Crippen LogP contribution in [0.4, 0.5) is 5.69 Å². The van der Waals surface area contributed by atoms with Crippen LogP contribution in [0.25, 0.3) is 10.2 Å². The van der Waals surface area contributed by atoms with Crippen LogP contribution in [0.5, 0.6) is 0 Å². The van der Waals surface area contributed by atoms with Crippen molar-refractivity contribution < 1.29 is 14.3 Å². The number of carbonyl (C=O) groups is 2. The molecule has 1 amide bonds.